The zero-order valence-electron chi connectivity index (χ0n) is 22.3. The van der Waals surface area contributed by atoms with Crippen molar-refractivity contribution in [2.24, 2.45) is 0 Å². The zero-order chi connectivity index (χ0) is 33.1. The summed E-state index contributed by atoms with van der Waals surface area (Å²) in [6, 6.07) is 14.7. The van der Waals surface area contributed by atoms with E-state index < -0.39 is 70.0 Å². The third kappa shape index (κ3) is 7.76. The molecular formula is C30H18F6N2O7. The summed E-state index contributed by atoms with van der Waals surface area (Å²) in [6.07, 6.45) is -9.92. The van der Waals surface area contributed by atoms with Crippen LogP contribution in [0.4, 0.5) is 37.7 Å². The molecule has 2 amide bonds. The van der Waals surface area contributed by atoms with Gasteiger partial charge in [-0.15, -0.1) is 13.2 Å². The predicted molar refractivity (Wildman–Crippen MR) is 146 cm³/mol. The number of aromatic carboxylic acids is 2. The minimum atomic E-state index is -5.20. The fourth-order valence-corrected chi connectivity index (χ4v) is 4.15. The average Bonchev–Trinajstić information content (AvgIpc) is 2.96. The molecule has 15 heteroatoms. The monoisotopic (exact) mass is 632 g/mol. The summed E-state index contributed by atoms with van der Waals surface area (Å²) >= 11 is 0. The first-order valence-corrected chi connectivity index (χ1v) is 12.4. The zero-order valence-corrected chi connectivity index (χ0v) is 22.3. The average molecular weight is 632 g/mol. The van der Waals surface area contributed by atoms with E-state index in [-0.39, 0.29) is 22.4 Å². The van der Waals surface area contributed by atoms with Gasteiger partial charge in [-0.2, -0.15) is 13.2 Å². The molecular weight excluding hydrogens is 614 g/mol. The molecule has 4 rings (SSSR count). The van der Waals surface area contributed by atoms with Gasteiger partial charge in [-0.3, -0.25) is 9.59 Å². The number of halogens is 6. The molecule has 0 saturated carbocycles. The summed E-state index contributed by atoms with van der Waals surface area (Å²) in [7, 11) is 0. The number of anilines is 2. The van der Waals surface area contributed by atoms with Crippen LogP contribution in [0.5, 0.6) is 5.75 Å². The van der Waals surface area contributed by atoms with Crippen molar-refractivity contribution in [3.8, 4) is 16.9 Å². The Morgan fingerprint density at radius 2 is 1.18 bits per heavy atom. The van der Waals surface area contributed by atoms with E-state index in [1.54, 1.807) is 0 Å². The van der Waals surface area contributed by atoms with Gasteiger partial charge in [0, 0.05) is 5.69 Å². The van der Waals surface area contributed by atoms with Crippen molar-refractivity contribution < 1.29 is 60.5 Å². The SMILES string of the molecule is O=C(O)c1ccc(-c2ccc(OC(F)(F)F)c(NC(=O)c3ccccc3C(=O)O)c2)cc1C(=O)Nc1cccc(C(F)(F)F)c1. The molecule has 0 spiro atoms. The summed E-state index contributed by atoms with van der Waals surface area (Å²) in [5.74, 6) is -6.12. The Bertz CT molecular complexity index is 1820. The highest BCUT2D eigenvalue weighted by Gasteiger charge is 2.33. The fourth-order valence-electron chi connectivity index (χ4n) is 4.15. The highest BCUT2D eigenvalue weighted by molar-refractivity contribution is 6.12. The van der Waals surface area contributed by atoms with Crippen molar-refractivity contribution in [1.29, 1.82) is 0 Å². The predicted octanol–water partition coefficient (Wildman–Crippen LogP) is 7.17. The van der Waals surface area contributed by atoms with Crippen molar-refractivity contribution in [3.63, 3.8) is 0 Å². The number of alkyl halides is 6. The van der Waals surface area contributed by atoms with Gasteiger partial charge in [0.1, 0.15) is 0 Å². The standard InChI is InChI=1S/C30H18F6N2O7/c31-29(32,33)17-4-3-5-18(14-17)37-26(40)22-12-15(8-10-21(22)28(43)44)16-9-11-24(45-30(34,35)36)23(13-16)38-25(39)19-6-1-2-7-20(19)27(41)42/h1-14H,(H,37,40)(H,38,39)(H,41,42)(H,43,44). The lowest BCUT2D eigenvalue weighted by Gasteiger charge is -2.17. The molecule has 0 aliphatic heterocycles. The van der Waals surface area contributed by atoms with E-state index in [0.717, 1.165) is 60.7 Å². The first kappa shape index (κ1) is 32.1. The number of hydrogen-bond acceptors (Lipinski definition) is 5. The Balaban J connectivity index is 1.75. The number of hydrogen-bond donors (Lipinski definition) is 4. The molecule has 232 valence electrons. The molecule has 0 heterocycles. The van der Waals surface area contributed by atoms with Crippen molar-refractivity contribution in [3.05, 3.63) is 113 Å². The van der Waals surface area contributed by atoms with Gasteiger partial charge in [0.2, 0.25) is 0 Å². The summed E-state index contributed by atoms with van der Waals surface area (Å²) in [5, 5.41) is 23.4. The van der Waals surface area contributed by atoms with Crippen molar-refractivity contribution in [1.82, 2.24) is 0 Å². The van der Waals surface area contributed by atoms with Gasteiger partial charge >= 0.3 is 24.5 Å². The third-order valence-corrected chi connectivity index (χ3v) is 6.13. The number of rotatable bonds is 8. The quantitative estimate of drug-likeness (QED) is 0.151. The molecule has 4 aromatic rings. The Kier molecular flexibility index (Phi) is 8.83. The van der Waals surface area contributed by atoms with Crippen molar-refractivity contribution in [2.45, 2.75) is 12.5 Å². The normalized spacial score (nSPS) is 11.4. The number of carbonyl (C=O) groups excluding carboxylic acids is 2. The first-order chi connectivity index (χ1) is 21.0. The second kappa shape index (κ2) is 12.4. The topological polar surface area (TPSA) is 142 Å². The number of ether oxygens (including phenoxy) is 1. The van der Waals surface area contributed by atoms with Gasteiger partial charge in [0.05, 0.1) is 33.5 Å². The van der Waals surface area contributed by atoms with E-state index >= 15 is 0 Å². The van der Waals surface area contributed by atoms with Crippen LogP contribution in [0.25, 0.3) is 11.1 Å². The second-order valence-electron chi connectivity index (χ2n) is 9.16. The summed E-state index contributed by atoms with van der Waals surface area (Å²) in [4.78, 5) is 49.3. The molecule has 4 aromatic carbocycles. The maximum Gasteiger partial charge on any atom is 0.573 e. The van der Waals surface area contributed by atoms with Gasteiger partial charge < -0.3 is 25.6 Å². The van der Waals surface area contributed by atoms with Gasteiger partial charge in [-0.25, -0.2) is 9.59 Å². The molecule has 0 atom stereocenters. The fraction of sp³-hybridized carbons (Fsp3) is 0.0667. The molecule has 9 nitrogen and oxygen atoms in total. The number of carboxylic acids is 2. The smallest absolute Gasteiger partial charge is 0.478 e. The number of carboxylic acid groups (broad SMARTS) is 2. The van der Waals surface area contributed by atoms with E-state index in [1.807, 2.05) is 0 Å². The van der Waals surface area contributed by atoms with Crippen LogP contribution >= 0.6 is 0 Å². The molecule has 0 saturated heterocycles. The number of benzene rings is 4. The Morgan fingerprint density at radius 1 is 0.600 bits per heavy atom. The molecule has 4 N–H and O–H groups in total. The van der Waals surface area contributed by atoms with Crippen LogP contribution in [0.1, 0.15) is 47.0 Å². The maximum absolute atomic E-state index is 13.1. The Morgan fingerprint density at radius 3 is 1.80 bits per heavy atom. The van der Waals surface area contributed by atoms with E-state index in [1.165, 1.54) is 18.2 Å². The van der Waals surface area contributed by atoms with Gasteiger partial charge in [-0.1, -0.05) is 30.3 Å². The van der Waals surface area contributed by atoms with Crippen LogP contribution in [-0.2, 0) is 6.18 Å². The molecule has 0 fully saturated rings. The third-order valence-electron chi connectivity index (χ3n) is 6.13. The van der Waals surface area contributed by atoms with Crippen LogP contribution in [0.15, 0.2) is 84.9 Å². The van der Waals surface area contributed by atoms with E-state index in [2.05, 4.69) is 15.4 Å². The van der Waals surface area contributed by atoms with E-state index in [0.29, 0.717) is 6.07 Å². The summed E-state index contributed by atoms with van der Waals surface area (Å²) < 4.78 is 82.7. The highest BCUT2D eigenvalue weighted by atomic mass is 19.4. The van der Waals surface area contributed by atoms with Crippen LogP contribution in [0.2, 0.25) is 0 Å². The molecule has 0 aliphatic carbocycles. The van der Waals surface area contributed by atoms with Crippen LogP contribution in [0.3, 0.4) is 0 Å². The lowest BCUT2D eigenvalue weighted by molar-refractivity contribution is -0.274. The second-order valence-corrected chi connectivity index (χ2v) is 9.16. The largest absolute Gasteiger partial charge is 0.573 e. The highest BCUT2D eigenvalue weighted by Crippen LogP contribution is 2.36. The first-order valence-electron chi connectivity index (χ1n) is 12.4. The number of nitrogens with one attached hydrogen (secondary N) is 2. The minimum absolute atomic E-state index is 0.0383. The van der Waals surface area contributed by atoms with Crippen LogP contribution in [-0.4, -0.2) is 40.3 Å². The molecule has 0 radical (unpaired) electrons. The number of carbonyl (C=O) groups is 4. The molecule has 0 unspecified atom stereocenters. The molecule has 0 aromatic heterocycles. The van der Waals surface area contributed by atoms with E-state index in [9.17, 15) is 55.7 Å². The van der Waals surface area contributed by atoms with Gasteiger partial charge in [0.25, 0.3) is 11.8 Å². The Labute approximate surface area is 248 Å². The lowest BCUT2D eigenvalue weighted by Crippen LogP contribution is -2.20. The van der Waals surface area contributed by atoms with Crippen molar-refractivity contribution >= 4 is 35.1 Å². The van der Waals surface area contributed by atoms with E-state index in [4.69, 9.17) is 0 Å². The summed E-state index contributed by atoms with van der Waals surface area (Å²) in [5.41, 5.74) is -3.71. The van der Waals surface area contributed by atoms with Crippen molar-refractivity contribution in [2.75, 3.05) is 10.6 Å². The van der Waals surface area contributed by atoms with Gasteiger partial charge in [0.15, 0.2) is 5.75 Å². The Hall–Kier alpha value is -5.86. The molecule has 45 heavy (non-hydrogen) atoms. The van der Waals surface area contributed by atoms with Gasteiger partial charge in [-0.05, 0) is 65.7 Å². The van der Waals surface area contributed by atoms with Crippen LogP contribution in [0, 0.1) is 0 Å². The molecule has 0 aliphatic rings. The summed E-state index contributed by atoms with van der Waals surface area (Å²) in [6.45, 7) is 0. The molecule has 0 bridgehead atoms. The maximum atomic E-state index is 13.1. The minimum Gasteiger partial charge on any atom is -0.478 e. The lowest BCUT2D eigenvalue weighted by atomic mass is 9.97. The van der Waals surface area contributed by atoms with Crippen LogP contribution < -0.4 is 15.4 Å². The number of amides is 2.